The fourth-order valence-electron chi connectivity index (χ4n) is 2.95. The van der Waals surface area contributed by atoms with Gasteiger partial charge < -0.3 is 15.7 Å². The molecule has 1 heterocycles. The molecule has 0 radical (unpaired) electrons. The van der Waals surface area contributed by atoms with E-state index in [4.69, 9.17) is 5.11 Å². The van der Waals surface area contributed by atoms with Gasteiger partial charge in [0, 0.05) is 36.4 Å². The molecule has 1 fully saturated rings. The van der Waals surface area contributed by atoms with Gasteiger partial charge in [-0.1, -0.05) is 18.2 Å². The Hall–Kier alpha value is -3.35. The van der Waals surface area contributed by atoms with Crippen molar-refractivity contribution in [1.82, 2.24) is 5.32 Å². The third-order valence-corrected chi connectivity index (χ3v) is 4.31. The molecule has 1 aliphatic rings. The number of carboxylic acid groups (broad SMARTS) is 1. The summed E-state index contributed by atoms with van der Waals surface area (Å²) in [5.74, 6) is -1.15. The van der Waals surface area contributed by atoms with Crippen LogP contribution in [0.2, 0.25) is 0 Å². The van der Waals surface area contributed by atoms with Gasteiger partial charge in [0.25, 0.3) is 5.91 Å². The zero-order valence-electron chi connectivity index (χ0n) is 14.8. The predicted molar refractivity (Wildman–Crippen MR) is 102 cm³/mol. The minimum Gasteiger partial charge on any atom is -0.481 e. The smallest absolute Gasteiger partial charge is 0.321 e. The molecule has 27 heavy (non-hydrogen) atoms. The number of hydrogen-bond donors (Lipinski definition) is 3. The highest BCUT2D eigenvalue weighted by Gasteiger charge is 2.20. The second-order valence-electron chi connectivity index (χ2n) is 6.34. The first-order valence-electron chi connectivity index (χ1n) is 8.80. The Kier molecular flexibility index (Phi) is 5.71. The molecule has 3 N–H and O–H groups in total. The highest BCUT2D eigenvalue weighted by atomic mass is 16.4. The predicted octanol–water partition coefficient (Wildman–Crippen LogP) is 2.88. The summed E-state index contributed by atoms with van der Waals surface area (Å²) in [6.07, 6.45) is 1.29. The average molecular weight is 367 g/mol. The molecule has 0 bridgehead atoms. The van der Waals surface area contributed by atoms with Crippen LogP contribution < -0.4 is 15.5 Å². The van der Waals surface area contributed by atoms with Crippen LogP contribution in [0.1, 0.15) is 28.8 Å². The fourth-order valence-corrected chi connectivity index (χ4v) is 2.95. The highest BCUT2D eigenvalue weighted by Crippen LogP contribution is 2.20. The van der Waals surface area contributed by atoms with Crippen molar-refractivity contribution in [2.75, 3.05) is 23.3 Å². The molecular formula is C20H21N3O4. The third kappa shape index (κ3) is 4.84. The second kappa shape index (κ2) is 8.35. The summed E-state index contributed by atoms with van der Waals surface area (Å²) in [5.41, 5.74) is 2.56. The molecule has 3 amide bonds. The van der Waals surface area contributed by atoms with E-state index in [9.17, 15) is 14.4 Å². The second-order valence-corrected chi connectivity index (χ2v) is 6.34. The molecule has 3 rings (SSSR count). The largest absolute Gasteiger partial charge is 0.481 e. The van der Waals surface area contributed by atoms with Crippen molar-refractivity contribution in [3.05, 3.63) is 59.7 Å². The number of hydrogen-bond acceptors (Lipinski definition) is 3. The topological polar surface area (TPSA) is 98.7 Å². The van der Waals surface area contributed by atoms with Gasteiger partial charge in [-0.2, -0.15) is 0 Å². The lowest BCUT2D eigenvalue weighted by Crippen LogP contribution is -2.46. The quantitative estimate of drug-likeness (QED) is 0.731. The normalized spacial score (nSPS) is 13.8. The number of nitrogens with one attached hydrogen (secondary N) is 2. The molecule has 1 aliphatic heterocycles. The molecule has 7 nitrogen and oxygen atoms in total. The maximum atomic E-state index is 12.6. The number of carbonyl (C=O) groups excluding carboxylic acids is 2. The molecule has 0 aliphatic carbocycles. The lowest BCUT2D eigenvalue weighted by molar-refractivity contribution is -0.136. The Morgan fingerprint density at radius 3 is 2.74 bits per heavy atom. The molecule has 2 aromatic carbocycles. The lowest BCUT2D eigenvalue weighted by atomic mass is 10.1. The monoisotopic (exact) mass is 367 g/mol. The van der Waals surface area contributed by atoms with E-state index >= 15 is 0 Å². The van der Waals surface area contributed by atoms with Gasteiger partial charge in [-0.3, -0.25) is 14.5 Å². The summed E-state index contributed by atoms with van der Waals surface area (Å²) >= 11 is 0. The van der Waals surface area contributed by atoms with E-state index in [1.54, 1.807) is 47.4 Å². The van der Waals surface area contributed by atoms with Crippen molar-refractivity contribution in [1.29, 1.82) is 0 Å². The SMILES string of the molecule is O=C(O)CCc1cccc(NC(=O)c2cccc(N3CCCNC3=O)c2)c1. The molecule has 0 aromatic heterocycles. The number of nitrogens with zero attached hydrogens (tertiary/aromatic N) is 1. The van der Waals surface area contributed by atoms with E-state index in [-0.39, 0.29) is 18.4 Å². The molecule has 7 heteroatoms. The number of amides is 3. The van der Waals surface area contributed by atoms with Gasteiger partial charge in [0.1, 0.15) is 0 Å². The van der Waals surface area contributed by atoms with Crippen molar-refractivity contribution in [3.63, 3.8) is 0 Å². The summed E-state index contributed by atoms with van der Waals surface area (Å²) in [6, 6.07) is 13.9. The van der Waals surface area contributed by atoms with Crippen molar-refractivity contribution < 1.29 is 19.5 Å². The van der Waals surface area contributed by atoms with Crippen LogP contribution in [0, 0.1) is 0 Å². The Balaban J connectivity index is 1.71. The molecule has 0 saturated carbocycles. The molecule has 1 saturated heterocycles. The Labute approximate surface area is 157 Å². The van der Waals surface area contributed by atoms with Gasteiger partial charge in [-0.25, -0.2) is 4.79 Å². The van der Waals surface area contributed by atoms with E-state index in [1.807, 2.05) is 6.07 Å². The highest BCUT2D eigenvalue weighted by molar-refractivity contribution is 6.05. The molecule has 0 spiro atoms. The lowest BCUT2D eigenvalue weighted by Gasteiger charge is -2.27. The van der Waals surface area contributed by atoms with Crippen LogP contribution in [0.25, 0.3) is 0 Å². The van der Waals surface area contributed by atoms with Crippen LogP contribution >= 0.6 is 0 Å². The minimum absolute atomic E-state index is 0.0390. The van der Waals surface area contributed by atoms with Gasteiger partial charge >= 0.3 is 12.0 Å². The number of urea groups is 1. The van der Waals surface area contributed by atoms with Crippen LogP contribution in [0.4, 0.5) is 16.2 Å². The number of carboxylic acids is 1. The van der Waals surface area contributed by atoms with Crippen molar-refractivity contribution in [2.45, 2.75) is 19.3 Å². The first-order chi connectivity index (χ1) is 13.0. The summed E-state index contributed by atoms with van der Waals surface area (Å²) in [4.78, 5) is 36.9. The van der Waals surface area contributed by atoms with Crippen LogP contribution in [-0.2, 0) is 11.2 Å². The number of rotatable bonds is 6. The van der Waals surface area contributed by atoms with Crippen LogP contribution in [0.15, 0.2) is 48.5 Å². The van der Waals surface area contributed by atoms with Gasteiger partial charge in [-0.05, 0) is 48.7 Å². The van der Waals surface area contributed by atoms with E-state index in [1.165, 1.54) is 0 Å². The zero-order valence-corrected chi connectivity index (χ0v) is 14.8. The molecular weight excluding hydrogens is 346 g/mol. The molecule has 140 valence electrons. The number of benzene rings is 2. The van der Waals surface area contributed by atoms with E-state index in [0.29, 0.717) is 36.4 Å². The van der Waals surface area contributed by atoms with Crippen molar-refractivity contribution >= 4 is 29.3 Å². The number of aryl methyl sites for hydroxylation is 1. The summed E-state index contributed by atoms with van der Waals surface area (Å²) in [7, 11) is 0. The molecule has 2 aromatic rings. The molecule has 0 atom stereocenters. The van der Waals surface area contributed by atoms with E-state index in [0.717, 1.165) is 12.0 Å². The Morgan fingerprint density at radius 2 is 1.96 bits per heavy atom. The first-order valence-corrected chi connectivity index (χ1v) is 8.80. The Morgan fingerprint density at radius 1 is 1.15 bits per heavy atom. The van der Waals surface area contributed by atoms with Crippen LogP contribution in [-0.4, -0.2) is 36.1 Å². The zero-order chi connectivity index (χ0) is 19.2. The first kappa shape index (κ1) is 18.4. The molecule has 0 unspecified atom stereocenters. The fraction of sp³-hybridized carbons (Fsp3) is 0.250. The summed E-state index contributed by atoms with van der Waals surface area (Å²) in [6.45, 7) is 1.27. The van der Waals surface area contributed by atoms with E-state index in [2.05, 4.69) is 10.6 Å². The standard InChI is InChI=1S/C20H21N3O4/c24-18(25)9-8-14-4-1-6-16(12-14)22-19(26)15-5-2-7-17(13-15)23-11-3-10-21-20(23)27/h1-2,4-7,12-13H,3,8-11H2,(H,21,27)(H,22,26)(H,24,25). The summed E-state index contributed by atoms with van der Waals surface area (Å²) < 4.78 is 0. The average Bonchev–Trinajstić information content (AvgIpc) is 2.67. The number of aliphatic carboxylic acids is 1. The Bertz CT molecular complexity index is 866. The van der Waals surface area contributed by atoms with Crippen LogP contribution in [0.3, 0.4) is 0 Å². The van der Waals surface area contributed by atoms with E-state index < -0.39 is 5.97 Å². The van der Waals surface area contributed by atoms with Gasteiger partial charge in [0.2, 0.25) is 0 Å². The van der Waals surface area contributed by atoms with Crippen molar-refractivity contribution in [2.24, 2.45) is 0 Å². The third-order valence-electron chi connectivity index (χ3n) is 4.31. The number of carbonyl (C=O) groups is 3. The van der Waals surface area contributed by atoms with Gasteiger partial charge in [-0.15, -0.1) is 0 Å². The van der Waals surface area contributed by atoms with Crippen LogP contribution in [0.5, 0.6) is 0 Å². The number of anilines is 2. The van der Waals surface area contributed by atoms with Crippen molar-refractivity contribution in [3.8, 4) is 0 Å². The van der Waals surface area contributed by atoms with Gasteiger partial charge in [0.05, 0.1) is 0 Å². The maximum Gasteiger partial charge on any atom is 0.321 e. The van der Waals surface area contributed by atoms with Gasteiger partial charge in [0.15, 0.2) is 0 Å². The summed E-state index contributed by atoms with van der Waals surface area (Å²) in [5, 5.41) is 14.4. The minimum atomic E-state index is -0.858. The maximum absolute atomic E-state index is 12.6.